The number of halogens is 1. The zero-order valence-corrected chi connectivity index (χ0v) is 17.6. The molecule has 2 aromatic rings. The molecule has 0 unspecified atom stereocenters. The van der Waals surface area contributed by atoms with E-state index in [4.69, 9.17) is 11.6 Å². The number of nitrogens with zero attached hydrogens (tertiary/aromatic N) is 1. The number of likely N-dealkylation sites (tertiary alicyclic amines) is 1. The molecule has 2 fully saturated rings. The van der Waals surface area contributed by atoms with Gasteiger partial charge in [0.25, 0.3) is 0 Å². The Balaban J connectivity index is 1.55. The molecule has 5 rings (SSSR count). The van der Waals surface area contributed by atoms with Crippen molar-refractivity contribution in [3.8, 4) is 0 Å². The largest absolute Gasteiger partial charge is 0.395 e. The molecule has 7 nitrogen and oxygen atoms in total. The van der Waals surface area contributed by atoms with Crippen molar-refractivity contribution in [3.63, 3.8) is 0 Å². The third-order valence-corrected chi connectivity index (χ3v) is 7.25. The van der Waals surface area contributed by atoms with Crippen LogP contribution in [0.5, 0.6) is 0 Å². The molecule has 3 heterocycles. The number of nitrogens with one attached hydrogen (secondary N) is 2. The van der Waals surface area contributed by atoms with Crippen molar-refractivity contribution in [2.45, 2.75) is 24.9 Å². The van der Waals surface area contributed by atoms with Crippen LogP contribution in [0.4, 0.5) is 5.69 Å². The van der Waals surface area contributed by atoms with E-state index < -0.39 is 29.3 Å². The average Bonchev–Trinajstić information content (AvgIpc) is 3.35. The first-order valence-electron chi connectivity index (χ1n) is 10.3. The highest BCUT2D eigenvalue weighted by molar-refractivity contribution is 6.32. The van der Waals surface area contributed by atoms with Crippen LogP contribution in [0.3, 0.4) is 0 Å². The fraction of sp³-hybridized carbons (Fsp3) is 0.348. The van der Waals surface area contributed by atoms with Gasteiger partial charge in [-0.3, -0.25) is 24.6 Å². The first-order chi connectivity index (χ1) is 14.9. The standard InChI is InChI=1S/C23H22ClN3O4/c1-12-15(24)8-7-14-19(12)25-22(31)23(14)18-17(16(11-28)26-23)20(29)27(21(18)30)10-9-13-5-3-2-4-6-13/h2-8,16-18,26,28H,9-11H2,1H3,(H,25,31)/t16-,17+,18-,23+/m0/s1. The second kappa shape index (κ2) is 7.15. The minimum Gasteiger partial charge on any atom is -0.395 e. The molecule has 2 aromatic carbocycles. The second-order valence-electron chi connectivity index (χ2n) is 8.36. The van der Waals surface area contributed by atoms with Gasteiger partial charge in [0, 0.05) is 23.2 Å². The van der Waals surface area contributed by atoms with E-state index in [1.165, 1.54) is 4.90 Å². The summed E-state index contributed by atoms with van der Waals surface area (Å²) in [5.41, 5.74) is 1.47. The van der Waals surface area contributed by atoms with Crippen molar-refractivity contribution >= 4 is 35.0 Å². The molecule has 3 aliphatic heterocycles. The summed E-state index contributed by atoms with van der Waals surface area (Å²) in [5.74, 6) is -2.85. The molecular weight excluding hydrogens is 418 g/mol. The van der Waals surface area contributed by atoms with E-state index in [1.54, 1.807) is 19.1 Å². The minimum absolute atomic E-state index is 0.233. The number of imide groups is 1. The van der Waals surface area contributed by atoms with E-state index in [0.717, 1.165) is 5.56 Å². The van der Waals surface area contributed by atoms with Crippen molar-refractivity contribution in [2.75, 3.05) is 18.5 Å². The Labute approximate surface area is 184 Å². The van der Waals surface area contributed by atoms with E-state index in [2.05, 4.69) is 10.6 Å². The van der Waals surface area contributed by atoms with Crippen LogP contribution >= 0.6 is 11.6 Å². The molecule has 1 spiro atoms. The molecule has 31 heavy (non-hydrogen) atoms. The Bertz CT molecular complexity index is 1110. The summed E-state index contributed by atoms with van der Waals surface area (Å²) >= 11 is 6.24. The number of fused-ring (bicyclic) bond motifs is 4. The van der Waals surface area contributed by atoms with Crippen LogP contribution in [0.25, 0.3) is 0 Å². The summed E-state index contributed by atoms with van der Waals surface area (Å²) in [6.07, 6.45) is 0.527. The van der Waals surface area contributed by atoms with Crippen LogP contribution in [0, 0.1) is 18.8 Å². The zero-order valence-electron chi connectivity index (χ0n) is 16.9. The summed E-state index contributed by atoms with van der Waals surface area (Å²) in [4.78, 5) is 41.3. The summed E-state index contributed by atoms with van der Waals surface area (Å²) in [6.45, 7) is 1.67. The SMILES string of the molecule is Cc1c(Cl)ccc2c1NC(=O)[C@@]21N[C@@H](CO)[C@H]2C(=O)N(CCc3ccccc3)C(=O)[C@H]21. The number of aliphatic hydroxyl groups excluding tert-OH is 1. The minimum atomic E-state index is -1.41. The third-order valence-electron chi connectivity index (χ3n) is 6.84. The van der Waals surface area contributed by atoms with Gasteiger partial charge < -0.3 is 10.4 Å². The molecule has 0 bridgehead atoms. The van der Waals surface area contributed by atoms with E-state index in [9.17, 15) is 19.5 Å². The molecule has 8 heteroatoms. The monoisotopic (exact) mass is 439 g/mol. The lowest BCUT2D eigenvalue weighted by molar-refractivity contribution is -0.142. The fourth-order valence-corrected chi connectivity index (χ4v) is 5.47. The fourth-order valence-electron chi connectivity index (χ4n) is 5.31. The van der Waals surface area contributed by atoms with Crippen LogP contribution in [0.1, 0.15) is 16.7 Å². The normalized spacial score (nSPS) is 28.9. The van der Waals surface area contributed by atoms with Gasteiger partial charge >= 0.3 is 0 Å². The average molecular weight is 440 g/mol. The van der Waals surface area contributed by atoms with Crippen molar-refractivity contribution in [1.29, 1.82) is 0 Å². The highest BCUT2D eigenvalue weighted by Gasteiger charge is 2.70. The van der Waals surface area contributed by atoms with Gasteiger partial charge in [0.05, 0.1) is 24.1 Å². The molecule has 0 aliphatic carbocycles. The van der Waals surface area contributed by atoms with Gasteiger partial charge in [-0.25, -0.2) is 0 Å². The lowest BCUT2D eigenvalue weighted by Crippen LogP contribution is -2.53. The van der Waals surface area contributed by atoms with Crippen molar-refractivity contribution in [1.82, 2.24) is 10.2 Å². The van der Waals surface area contributed by atoms with Crippen molar-refractivity contribution < 1.29 is 19.5 Å². The zero-order chi connectivity index (χ0) is 21.9. The molecule has 4 atom stereocenters. The third kappa shape index (κ3) is 2.70. The Hall–Kier alpha value is -2.74. The van der Waals surface area contributed by atoms with E-state index in [-0.39, 0.29) is 25.0 Å². The highest BCUT2D eigenvalue weighted by atomic mass is 35.5. The van der Waals surface area contributed by atoms with Gasteiger partial charge in [-0.05, 0) is 30.5 Å². The van der Waals surface area contributed by atoms with Crippen LogP contribution < -0.4 is 10.6 Å². The van der Waals surface area contributed by atoms with Gasteiger partial charge in [-0.1, -0.05) is 48.0 Å². The van der Waals surface area contributed by atoms with Gasteiger partial charge in [0.15, 0.2) is 0 Å². The number of hydrogen-bond acceptors (Lipinski definition) is 5. The topological polar surface area (TPSA) is 98.7 Å². The first kappa shape index (κ1) is 20.2. The molecule has 0 radical (unpaired) electrons. The number of rotatable bonds is 4. The Morgan fingerprint density at radius 2 is 1.84 bits per heavy atom. The molecule has 3 aliphatic rings. The van der Waals surface area contributed by atoms with E-state index in [0.29, 0.717) is 28.3 Å². The van der Waals surface area contributed by atoms with E-state index >= 15 is 0 Å². The van der Waals surface area contributed by atoms with E-state index in [1.807, 2.05) is 30.3 Å². The van der Waals surface area contributed by atoms with Gasteiger partial charge in [0.1, 0.15) is 5.54 Å². The Morgan fingerprint density at radius 3 is 2.55 bits per heavy atom. The number of aliphatic hydroxyl groups is 1. The second-order valence-corrected chi connectivity index (χ2v) is 8.76. The van der Waals surface area contributed by atoms with Crippen LogP contribution in [0.2, 0.25) is 5.02 Å². The highest BCUT2D eigenvalue weighted by Crippen LogP contribution is 2.53. The molecule has 160 valence electrons. The summed E-state index contributed by atoms with van der Waals surface area (Å²) in [6, 6.07) is 12.3. The maximum Gasteiger partial charge on any atom is 0.250 e. The number of hydrogen-bond donors (Lipinski definition) is 3. The summed E-state index contributed by atoms with van der Waals surface area (Å²) in [5, 5.41) is 16.5. The van der Waals surface area contributed by atoms with Crippen LogP contribution in [0.15, 0.2) is 42.5 Å². The smallest absolute Gasteiger partial charge is 0.250 e. The molecule has 2 saturated heterocycles. The van der Waals surface area contributed by atoms with Crippen LogP contribution in [-0.4, -0.2) is 46.9 Å². The molecule has 3 amide bonds. The molecule has 3 N–H and O–H groups in total. The molecule has 0 saturated carbocycles. The maximum atomic E-state index is 13.5. The molecule has 0 aromatic heterocycles. The number of carbonyl (C=O) groups is 3. The van der Waals surface area contributed by atoms with Crippen molar-refractivity contribution in [3.05, 3.63) is 64.2 Å². The number of amides is 3. The Kier molecular flexibility index (Phi) is 4.66. The first-order valence-corrected chi connectivity index (χ1v) is 10.7. The van der Waals surface area contributed by atoms with Crippen molar-refractivity contribution in [2.24, 2.45) is 11.8 Å². The number of carbonyl (C=O) groups excluding carboxylic acids is 3. The quantitative estimate of drug-likeness (QED) is 0.628. The lowest BCUT2D eigenvalue weighted by Gasteiger charge is -2.29. The number of benzene rings is 2. The summed E-state index contributed by atoms with van der Waals surface area (Å²) in [7, 11) is 0. The molecular formula is C23H22ClN3O4. The lowest BCUT2D eigenvalue weighted by atomic mass is 9.76. The predicted octanol–water partition coefficient (Wildman–Crippen LogP) is 1.60. The van der Waals surface area contributed by atoms with Gasteiger partial charge in [-0.15, -0.1) is 0 Å². The summed E-state index contributed by atoms with van der Waals surface area (Å²) < 4.78 is 0. The number of anilines is 1. The van der Waals surface area contributed by atoms with Crippen LogP contribution in [-0.2, 0) is 26.3 Å². The van der Waals surface area contributed by atoms with Gasteiger partial charge in [-0.2, -0.15) is 0 Å². The Morgan fingerprint density at radius 1 is 1.10 bits per heavy atom. The van der Waals surface area contributed by atoms with Gasteiger partial charge in [0.2, 0.25) is 17.7 Å². The predicted molar refractivity (Wildman–Crippen MR) is 114 cm³/mol. The maximum absolute atomic E-state index is 13.5.